The second kappa shape index (κ2) is 8.57. The summed E-state index contributed by atoms with van der Waals surface area (Å²) in [5, 5.41) is 4.25. The molecule has 1 N–H and O–H groups in total. The van der Waals surface area contributed by atoms with E-state index in [1.165, 1.54) is 0 Å². The average Bonchev–Trinajstić information content (AvgIpc) is 2.67. The zero-order chi connectivity index (χ0) is 21.1. The molecule has 1 aromatic heterocycles. The molecule has 0 saturated heterocycles. The van der Waals surface area contributed by atoms with Crippen molar-refractivity contribution < 1.29 is 13.9 Å². The fraction of sp³-hybridized carbons (Fsp3) is 0.273. The molecule has 152 valence electrons. The number of nitrogens with one attached hydrogen (secondary N) is 1. The lowest BCUT2D eigenvalue weighted by Gasteiger charge is -2.19. The van der Waals surface area contributed by atoms with Gasteiger partial charge >= 0.3 is 5.63 Å². The molecule has 0 spiro atoms. The van der Waals surface area contributed by atoms with Gasteiger partial charge in [-0.25, -0.2) is 4.79 Å². The molecule has 1 amide bonds. The summed E-state index contributed by atoms with van der Waals surface area (Å²) in [7, 11) is 5.27. The van der Waals surface area contributed by atoms with E-state index in [0.29, 0.717) is 27.6 Å². The summed E-state index contributed by atoms with van der Waals surface area (Å²) in [4.78, 5) is 26.8. The molecule has 3 aromatic rings. The molecule has 0 fully saturated rings. The van der Waals surface area contributed by atoms with Crippen LogP contribution < -0.4 is 20.6 Å². The smallest absolute Gasteiger partial charge is 0.339 e. The highest BCUT2D eigenvalue weighted by Crippen LogP contribution is 2.32. The van der Waals surface area contributed by atoms with Gasteiger partial charge < -0.3 is 19.4 Å². The highest BCUT2D eigenvalue weighted by Gasteiger charge is 2.15. The minimum atomic E-state index is -0.437. The van der Waals surface area contributed by atoms with Crippen LogP contribution in [-0.2, 0) is 11.2 Å². The lowest BCUT2D eigenvalue weighted by Crippen LogP contribution is -2.19. The summed E-state index contributed by atoms with van der Waals surface area (Å²) in [6.07, 6.45) is 0.423. The zero-order valence-corrected chi connectivity index (χ0v) is 17.6. The molecule has 0 bridgehead atoms. The van der Waals surface area contributed by atoms with Crippen molar-refractivity contribution in [2.24, 2.45) is 0 Å². The number of hydrogen-bond acceptors (Lipinski definition) is 5. The number of hydrogen-bond donors (Lipinski definition) is 1. The third-order valence-electron chi connectivity index (χ3n) is 4.80. The van der Waals surface area contributed by atoms with Gasteiger partial charge in [-0.15, -0.1) is 0 Å². The number of ether oxygens (including phenoxy) is 1. The molecule has 29 heavy (non-hydrogen) atoms. The van der Waals surface area contributed by atoms with Crippen LogP contribution in [0.4, 0.5) is 11.4 Å². The van der Waals surface area contributed by atoms with Crippen molar-refractivity contribution in [3.05, 3.63) is 63.0 Å². The van der Waals surface area contributed by atoms with Crippen LogP contribution >= 0.6 is 11.6 Å². The Morgan fingerprint density at radius 2 is 2.00 bits per heavy atom. The minimum Gasteiger partial charge on any atom is -0.497 e. The number of amides is 1. The topological polar surface area (TPSA) is 71.8 Å². The van der Waals surface area contributed by atoms with Crippen LogP contribution in [0.1, 0.15) is 17.5 Å². The molecule has 0 aliphatic heterocycles. The zero-order valence-electron chi connectivity index (χ0n) is 16.8. The Morgan fingerprint density at radius 3 is 2.69 bits per heavy atom. The van der Waals surface area contributed by atoms with Crippen molar-refractivity contribution in [1.29, 1.82) is 0 Å². The number of nitrogens with zero attached hydrogens (tertiary/aromatic N) is 1. The van der Waals surface area contributed by atoms with Crippen molar-refractivity contribution in [2.75, 3.05) is 31.4 Å². The largest absolute Gasteiger partial charge is 0.497 e. The van der Waals surface area contributed by atoms with Crippen LogP contribution in [0.3, 0.4) is 0 Å². The molecule has 7 heteroatoms. The van der Waals surface area contributed by atoms with Crippen LogP contribution in [-0.4, -0.2) is 27.1 Å². The summed E-state index contributed by atoms with van der Waals surface area (Å²) in [6, 6.07) is 10.7. The van der Waals surface area contributed by atoms with Crippen molar-refractivity contribution >= 4 is 39.9 Å². The Balaban J connectivity index is 1.80. The van der Waals surface area contributed by atoms with E-state index in [1.807, 2.05) is 38.1 Å². The monoisotopic (exact) mass is 414 g/mol. The Bertz CT molecular complexity index is 1120. The van der Waals surface area contributed by atoms with E-state index < -0.39 is 5.63 Å². The molecule has 2 aromatic carbocycles. The molecule has 3 rings (SSSR count). The number of benzene rings is 2. The van der Waals surface area contributed by atoms with Gasteiger partial charge in [0, 0.05) is 37.5 Å². The van der Waals surface area contributed by atoms with Crippen molar-refractivity contribution in [3.63, 3.8) is 0 Å². The molecule has 0 unspecified atom stereocenters. The number of carbonyl (C=O) groups is 1. The predicted molar refractivity (Wildman–Crippen MR) is 117 cm³/mol. The predicted octanol–water partition coefficient (Wildman–Crippen LogP) is 4.40. The van der Waals surface area contributed by atoms with Crippen molar-refractivity contribution in [3.8, 4) is 5.75 Å². The van der Waals surface area contributed by atoms with Gasteiger partial charge in [-0.1, -0.05) is 17.7 Å². The fourth-order valence-corrected chi connectivity index (χ4v) is 3.66. The number of aryl methyl sites for hydroxylation is 1. The SMILES string of the molecule is COc1ccc2c(C)c(CCC(=O)Nc3cccc(Cl)c3N(C)C)c(=O)oc2c1. The van der Waals surface area contributed by atoms with Crippen LogP contribution in [0.2, 0.25) is 5.02 Å². The molecule has 0 aliphatic rings. The van der Waals surface area contributed by atoms with Crippen LogP contribution in [0.5, 0.6) is 5.75 Å². The van der Waals surface area contributed by atoms with Gasteiger partial charge in [-0.2, -0.15) is 0 Å². The summed E-state index contributed by atoms with van der Waals surface area (Å²) in [5.41, 5.74) is 2.70. The third kappa shape index (κ3) is 4.38. The van der Waals surface area contributed by atoms with E-state index >= 15 is 0 Å². The summed E-state index contributed by atoms with van der Waals surface area (Å²) < 4.78 is 10.6. The number of halogens is 1. The normalized spacial score (nSPS) is 10.8. The van der Waals surface area contributed by atoms with Crippen molar-refractivity contribution in [1.82, 2.24) is 0 Å². The Labute approximate surface area is 174 Å². The quantitative estimate of drug-likeness (QED) is 0.605. The number of fused-ring (bicyclic) bond motifs is 1. The third-order valence-corrected chi connectivity index (χ3v) is 5.11. The fourth-order valence-electron chi connectivity index (χ4n) is 3.31. The molecule has 0 aliphatic carbocycles. The molecule has 0 atom stereocenters. The highest BCUT2D eigenvalue weighted by atomic mass is 35.5. The maximum absolute atomic E-state index is 12.5. The van der Waals surface area contributed by atoms with Gasteiger partial charge in [0.05, 0.1) is 23.5 Å². The first kappa shape index (κ1) is 20.7. The Hall–Kier alpha value is -2.99. The molecule has 6 nitrogen and oxygen atoms in total. The van der Waals surface area contributed by atoms with E-state index in [1.54, 1.807) is 31.4 Å². The molecular formula is C22H23ClN2O4. The van der Waals surface area contributed by atoms with Gasteiger partial charge in [0.2, 0.25) is 5.91 Å². The maximum Gasteiger partial charge on any atom is 0.339 e. The summed E-state index contributed by atoms with van der Waals surface area (Å²) >= 11 is 6.24. The van der Waals surface area contributed by atoms with Crippen LogP contribution in [0, 0.1) is 6.92 Å². The highest BCUT2D eigenvalue weighted by molar-refractivity contribution is 6.34. The summed E-state index contributed by atoms with van der Waals surface area (Å²) in [5.74, 6) is 0.411. The first-order valence-corrected chi connectivity index (χ1v) is 9.55. The number of rotatable bonds is 6. The van der Waals surface area contributed by atoms with E-state index in [2.05, 4.69) is 5.32 Å². The first-order valence-electron chi connectivity index (χ1n) is 9.18. The molecule has 0 radical (unpaired) electrons. The van der Waals surface area contributed by atoms with E-state index in [9.17, 15) is 9.59 Å². The standard InChI is InChI=1S/C22H23ClN2O4/c1-13-15-9-8-14(28-4)12-19(15)29-22(27)16(13)10-11-20(26)24-18-7-5-6-17(23)21(18)25(2)3/h5-9,12H,10-11H2,1-4H3,(H,24,26). The van der Waals surface area contributed by atoms with Gasteiger partial charge in [-0.05, 0) is 43.2 Å². The van der Waals surface area contributed by atoms with Gasteiger partial charge in [0.25, 0.3) is 0 Å². The molecular weight excluding hydrogens is 392 g/mol. The number of methoxy groups -OCH3 is 1. The molecule has 1 heterocycles. The van der Waals surface area contributed by atoms with Crippen LogP contribution in [0.15, 0.2) is 45.6 Å². The summed E-state index contributed by atoms with van der Waals surface area (Å²) in [6.45, 7) is 1.86. The lowest BCUT2D eigenvalue weighted by atomic mass is 10.0. The first-order chi connectivity index (χ1) is 13.8. The maximum atomic E-state index is 12.5. The van der Waals surface area contributed by atoms with E-state index in [-0.39, 0.29) is 18.7 Å². The van der Waals surface area contributed by atoms with E-state index in [0.717, 1.165) is 16.6 Å². The number of para-hydroxylation sites is 1. The van der Waals surface area contributed by atoms with Gasteiger partial charge in [0.15, 0.2) is 0 Å². The van der Waals surface area contributed by atoms with Crippen molar-refractivity contribution in [2.45, 2.75) is 19.8 Å². The van der Waals surface area contributed by atoms with E-state index in [4.69, 9.17) is 20.8 Å². The average molecular weight is 415 g/mol. The van der Waals surface area contributed by atoms with Gasteiger partial charge in [-0.3, -0.25) is 4.79 Å². The molecule has 0 saturated carbocycles. The number of carbonyl (C=O) groups excluding carboxylic acids is 1. The minimum absolute atomic E-state index is 0.145. The lowest BCUT2D eigenvalue weighted by molar-refractivity contribution is -0.116. The second-order valence-electron chi connectivity index (χ2n) is 6.93. The van der Waals surface area contributed by atoms with Crippen LogP contribution in [0.25, 0.3) is 11.0 Å². The number of anilines is 2. The van der Waals surface area contributed by atoms with Gasteiger partial charge in [0.1, 0.15) is 11.3 Å². The Morgan fingerprint density at radius 1 is 1.24 bits per heavy atom. The second-order valence-corrected chi connectivity index (χ2v) is 7.34. The Kier molecular flexibility index (Phi) is 6.13.